The van der Waals surface area contributed by atoms with Crippen LogP contribution in [0.3, 0.4) is 0 Å². The number of methoxy groups -OCH3 is 2. The van der Waals surface area contributed by atoms with Crippen molar-refractivity contribution in [2.45, 2.75) is 0 Å². The van der Waals surface area contributed by atoms with Gasteiger partial charge in [0.2, 0.25) is 0 Å². The van der Waals surface area contributed by atoms with Crippen LogP contribution >= 0.6 is 0 Å². The van der Waals surface area contributed by atoms with Crippen LogP contribution in [-0.2, 0) is 0 Å². The van der Waals surface area contributed by atoms with Gasteiger partial charge in [-0.05, 0) is 18.2 Å². The predicted molar refractivity (Wildman–Crippen MR) is 81.5 cm³/mol. The van der Waals surface area contributed by atoms with Crippen LogP contribution < -0.4 is 20.1 Å². The lowest BCUT2D eigenvalue weighted by atomic mass is 10.1. The minimum atomic E-state index is -0.400. The van der Waals surface area contributed by atoms with Gasteiger partial charge in [-0.2, -0.15) is 0 Å². The number of nitrogens with two attached hydrogens (primary N) is 1. The molecule has 0 spiro atoms. The molecular weight excluding hydrogens is 284 g/mol. The first-order valence-corrected chi connectivity index (χ1v) is 6.57. The molecule has 6 heteroatoms. The minimum absolute atomic E-state index is 0.298. The zero-order valence-electron chi connectivity index (χ0n) is 12.1. The monoisotopic (exact) mass is 298 g/mol. The number of amides is 2. The molecule has 1 aliphatic heterocycles. The standard InChI is InChI=1S/C16H14N2O4/c1-21-13-8-14(22-2)12(7-11(13)17)18-15(19)9-5-3-4-6-10(9)16(18)20/h3-8H,17H2,1-2H3. The highest BCUT2D eigenvalue weighted by molar-refractivity contribution is 6.35. The van der Waals surface area contributed by atoms with Crippen LogP contribution in [-0.4, -0.2) is 26.0 Å². The summed E-state index contributed by atoms with van der Waals surface area (Å²) >= 11 is 0. The van der Waals surface area contributed by atoms with E-state index in [0.29, 0.717) is 34.0 Å². The van der Waals surface area contributed by atoms with Crippen LogP contribution in [0.4, 0.5) is 11.4 Å². The third-order valence-corrected chi connectivity index (χ3v) is 3.57. The molecule has 0 atom stereocenters. The maximum absolute atomic E-state index is 12.5. The molecule has 3 rings (SSSR count). The second-order valence-electron chi connectivity index (χ2n) is 4.76. The van der Waals surface area contributed by atoms with Crippen molar-refractivity contribution < 1.29 is 19.1 Å². The Morgan fingerprint density at radius 1 is 0.909 bits per heavy atom. The third-order valence-electron chi connectivity index (χ3n) is 3.57. The average Bonchev–Trinajstić information content (AvgIpc) is 2.79. The van der Waals surface area contributed by atoms with E-state index >= 15 is 0 Å². The van der Waals surface area contributed by atoms with E-state index < -0.39 is 11.8 Å². The SMILES string of the molecule is COc1cc(OC)c(N2C(=O)c3ccccc3C2=O)cc1N. The zero-order chi connectivity index (χ0) is 15.9. The smallest absolute Gasteiger partial charge is 0.266 e. The molecule has 2 aromatic carbocycles. The van der Waals surface area contributed by atoms with Gasteiger partial charge in [-0.15, -0.1) is 0 Å². The lowest BCUT2D eigenvalue weighted by Gasteiger charge is -2.19. The molecule has 2 aromatic rings. The Labute approximate surface area is 127 Å². The Hall–Kier alpha value is -3.02. The Morgan fingerprint density at radius 2 is 1.45 bits per heavy atom. The Kier molecular flexibility index (Phi) is 3.21. The first-order chi connectivity index (χ1) is 10.6. The Bertz CT molecular complexity index is 751. The molecular formula is C16H14N2O4. The lowest BCUT2D eigenvalue weighted by molar-refractivity contribution is 0.0925. The van der Waals surface area contributed by atoms with E-state index in [0.717, 1.165) is 4.90 Å². The van der Waals surface area contributed by atoms with Gasteiger partial charge in [-0.3, -0.25) is 9.59 Å². The van der Waals surface area contributed by atoms with E-state index in [1.165, 1.54) is 20.3 Å². The van der Waals surface area contributed by atoms with Crippen LogP contribution in [0.1, 0.15) is 20.7 Å². The number of imide groups is 1. The molecule has 0 unspecified atom stereocenters. The molecule has 0 radical (unpaired) electrons. The summed E-state index contributed by atoms with van der Waals surface area (Å²) in [4.78, 5) is 26.1. The van der Waals surface area contributed by atoms with Crippen LogP contribution in [0.15, 0.2) is 36.4 Å². The van der Waals surface area contributed by atoms with Crippen LogP contribution in [0.25, 0.3) is 0 Å². The molecule has 0 bridgehead atoms. The summed E-state index contributed by atoms with van der Waals surface area (Å²) in [6.45, 7) is 0. The molecule has 0 fully saturated rings. The van der Waals surface area contributed by atoms with Crippen molar-refractivity contribution >= 4 is 23.2 Å². The molecule has 112 valence electrons. The number of anilines is 2. The first-order valence-electron chi connectivity index (χ1n) is 6.57. The molecule has 22 heavy (non-hydrogen) atoms. The molecule has 0 aromatic heterocycles. The van der Waals surface area contributed by atoms with Gasteiger partial charge in [-0.25, -0.2) is 4.90 Å². The van der Waals surface area contributed by atoms with Gasteiger partial charge < -0.3 is 15.2 Å². The Balaban J connectivity index is 2.15. The van der Waals surface area contributed by atoms with E-state index in [1.54, 1.807) is 30.3 Å². The molecule has 0 aliphatic carbocycles. The second kappa shape index (κ2) is 5.07. The molecule has 1 aliphatic rings. The number of carbonyl (C=O) groups excluding carboxylic acids is 2. The summed E-state index contributed by atoms with van der Waals surface area (Å²) in [5.41, 5.74) is 7.23. The van der Waals surface area contributed by atoms with Gasteiger partial charge >= 0.3 is 0 Å². The van der Waals surface area contributed by atoms with Crippen molar-refractivity contribution in [2.75, 3.05) is 24.9 Å². The molecule has 2 amide bonds. The minimum Gasteiger partial charge on any atom is -0.494 e. The fourth-order valence-electron chi connectivity index (χ4n) is 2.49. The highest BCUT2D eigenvalue weighted by Gasteiger charge is 2.38. The summed E-state index contributed by atoms with van der Waals surface area (Å²) in [7, 11) is 2.93. The van der Waals surface area contributed by atoms with Crippen LogP contribution in [0, 0.1) is 0 Å². The van der Waals surface area contributed by atoms with Crippen LogP contribution in [0.2, 0.25) is 0 Å². The predicted octanol–water partition coefficient (Wildman–Crippen LogP) is 2.09. The average molecular weight is 298 g/mol. The van der Waals surface area contributed by atoms with E-state index in [1.807, 2.05) is 0 Å². The summed E-state index contributed by atoms with van der Waals surface area (Å²) in [5.74, 6) is -0.0512. The maximum Gasteiger partial charge on any atom is 0.266 e. The quantitative estimate of drug-likeness (QED) is 0.693. The fraction of sp³-hybridized carbons (Fsp3) is 0.125. The molecule has 0 saturated heterocycles. The van der Waals surface area contributed by atoms with Gasteiger partial charge in [0.15, 0.2) is 0 Å². The highest BCUT2D eigenvalue weighted by atomic mass is 16.5. The van der Waals surface area contributed by atoms with Gasteiger partial charge in [-0.1, -0.05) is 12.1 Å². The van der Waals surface area contributed by atoms with E-state index in [2.05, 4.69) is 0 Å². The number of nitrogen functional groups attached to an aromatic ring is 1. The number of nitrogens with zero attached hydrogens (tertiary/aromatic N) is 1. The van der Waals surface area contributed by atoms with Crippen molar-refractivity contribution in [3.8, 4) is 11.5 Å². The van der Waals surface area contributed by atoms with Crippen molar-refractivity contribution in [3.63, 3.8) is 0 Å². The lowest BCUT2D eigenvalue weighted by Crippen LogP contribution is -2.29. The molecule has 1 heterocycles. The normalized spacial score (nSPS) is 13.3. The topological polar surface area (TPSA) is 81.9 Å². The van der Waals surface area contributed by atoms with E-state index in [9.17, 15) is 9.59 Å². The number of rotatable bonds is 3. The van der Waals surface area contributed by atoms with Crippen molar-refractivity contribution in [1.29, 1.82) is 0 Å². The van der Waals surface area contributed by atoms with Crippen molar-refractivity contribution in [1.82, 2.24) is 0 Å². The van der Waals surface area contributed by atoms with Gasteiger partial charge in [0.05, 0.1) is 36.7 Å². The summed E-state index contributed by atoms with van der Waals surface area (Å²) in [6.07, 6.45) is 0. The van der Waals surface area contributed by atoms with Crippen LogP contribution in [0.5, 0.6) is 11.5 Å². The molecule has 2 N–H and O–H groups in total. The van der Waals surface area contributed by atoms with Gasteiger partial charge in [0.1, 0.15) is 11.5 Å². The van der Waals surface area contributed by atoms with E-state index in [4.69, 9.17) is 15.2 Å². The summed E-state index contributed by atoms with van der Waals surface area (Å²) in [5, 5.41) is 0. The summed E-state index contributed by atoms with van der Waals surface area (Å²) < 4.78 is 10.4. The summed E-state index contributed by atoms with van der Waals surface area (Å²) in [6, 6.07) is 9.72. The second-order valence-corrected chi connectivity index (χ2v) is 4.76. The number of hydrogen-bond acceptors (Lipinski definition) is 5. The number of benzene rings is 2. The number of ether oxygens (including phenoxy) is 2. The largest absolute Gasteiger partial charge is 0.494 e. The number of fused-ring (bicyclic) bond motifs is 1. The first kappa shape index (κ1) is 13.9. The molecule has 0 saturated carbocycles. The van der Waals surface area contributed by atoms with Crippen molar-refractivity contribution in [3.05, 3.63) is 47.5 Å². The zero-order valence-corrected chi connectivity index (χ0v) is 12.1. The van der Waals surface area contributed by atoms with Gasteiger partial charge in [0.25, 0.3) is 11.8 Å². The Morgan fingerprint density at radius 3 is 1.95 bits per heavy atom. The number of carbonyl (C=O) groups is 2. The number of hydrogen-bond donors (Lipinski definition) is 1. The molecule has 6 nitrogen and oxygen atoms in total. The highest BCUT2D eigenvalue weighted by Crippen LogP contribution is 2.40. The maximum atomic E-state index is 12.5. The fourth-order valence-corrected chi connectivity index (χ4v) is 2.49. The van der Waals surface area contributed by atoms with Gasteiger partial charge in [0, 0.05) is 6.07 Å². The van der Waals surface area contributed by atoms with E-state index in [-0.39, 0.29) is 0 Å². The van der Waals surface area contributed by atoms with Crippen molar-refractivity contribution in [2.24, 2.45) is 0 Å². The third kappa shape index (κ3) is 1.88.